The molecule has 1 aromatic carbocycles. The maximum atomic E-state index is 13.4. The number of hydrogen-bond acceptors (Lipinski definition) is 3. The average Bonchev–Trinajstić information content (AvgIpc) is 3.33. The highest BCUT2D eigenvalue weighted by Gasteiger charge is 2.30. The molecular formula is C16H15F2N3. The number of halogens is 2. The Balaban J connectivity index is 1.85. The van der Waals surface area contributed by atoms with Gasteiger partial charge in [0.2, 0.25) is 0 Å². The summed E-state index contributed by atoms with van der Waals surface area (Å²) in [6.45, 7) is 1.70. The molecule has 4 rings (SSSR count). The molecule has 0 radical (unpaired) electrons. The van der Waals surface area contributed by atoms with E-state index in [4.69, 9.17) is 0 Å². The Labute approximate surface area is 121 Å². The van der Waals surface area contributed by atoms with Gasteiger partial charge in [-0.3, -0.25) is 0 Å². The van der Waals surface area contributed by atoms with E-state index in [1.165, 1.54) is 17.7 Å². The van der Waals surface area contributed by atoms with Gasteiger partial charge >= 0.3 is 0 Å². The second-order valence-electron chi connectivity index (χ2n) is 5.69. The Bertz CT molecular complexity index is 711. The summed E-state index contributed by atoms with van der Waals surface area (Å²) >= 11 is 0. The molecule has 3 nitrogen and oxygen atoms in total. The molecule has 1 aliphatic heterocycles. The molecular weight excluding hydrogens is 272 g/mol. The van der Waals surface area contributed by atoms with Crippen LogP contribution in [0.1, 0.15) is 35.7 Å². The minimum absolute atomic E-state index is 0.505. The summed E-state index contributed by atoms with van der Waals surface area (Å²) < 4.78 is 26.5. The molecule has 1 aliphatic carbocycles. The molecule has 0 atom stereocenters. The molecule has 0 bridgehead atoms. The van der Waals surface area contributed by atoms with E-state index in [9.17, 15) is 8.78 Å². The SMILES string of the molecule is Fc1ccc(-c2nc3c(c(C4CC4)n2)CNCC3)cc1F. The van der Waals surface area contributed by atoms with Gasteiger partial charge in [-0.15, -0.1) is 0 Å². The molecule has 2 heterocycles. The molecule has 5 heteroatoms. The van der Waals surface area contributed by atoms with E-state index < -0.39 is 11.6 Å². The van der Waals surface area contributed by atoms with Crippen molar-refractivity contribution in [2.75, 3.05) is 6.54 Å². The number of rotatable bonds is 2. The smallest absolute Gasteiger partial charge is 0.159 e. The van der Waals surface area contributed by atoms with Crippen molar-refractivity contribution in [2.45, 2.75) is 31.7 Å². The first kappa shape index (κ1) is 12.8. The zero-order chi connectivity index (χ0) is 14.4. The van der Waals surface area contributed by atoms with Crippen LogP contribution in [0.5, 0.6) is 0 Å². The third-order valence-corrected chi connectivity index (χ3v) is 4.11. The van der Waals surface area contributed by atoms with Gasteiger partial charge in [0, 0.05) is 36.6 Å². The van der Waals surface area contributed by atoms with Crippen molar-refractivity contribution in [2.24, 2.45) is 0 Å². The van der Waals surface area contributed by atoms with Gasteiger partial charge in [-0.05, 0) is 31.0 Å². The number of fused-ring (bicyclic) bond motifs is 1. The van der Waals surface area contributed by atoms with Crippen LogP contribution in [-0.4, -0.2) is 16.5 Å². The van der Waals surface area contributed by atoms with Gasteiger partial charge in [0.25, 0.3) is 0 Å². The van der Waals surface area contributed by atoms with Crippen LogP contribution in [0, 0.1) is 11.6 Å². The van der Waals surface area contributed by atoms with Gasteiger partial charge in [-0.1, -0.05) is 0 Å². The molecule has 0 spiro atoms. The highest BCUT2D eigenvalue weighted by Crippen LogP contribution is 2.42. The monoisotopic (exact) mass is 287 g/mol. The Morgan fingerprint density at radius 1 is 1.10 bits per heavy atom. The molecule has 21 heavy (non-hydrogen) atoms. The quantitative estimate of drug-likeness (QED) is 0.923. The fraction of sp³-hybridized carbons (Fsp3) is 0.375. The lowest BCUT2D eigenvalue weighted by atomic mass is 10.0. The molecule has 108 valence electrons. The summed E-state index contributed by atoms with van der Waals surface area (Å²) in [5.74, 6) is -0.686. The van der Waals surface area contributed by atoms with E-state index in [2.05, 4.69) is 15.3 Å². The molecule has 1 aromatic heterocycles. The molecule has 0 saturated heterocycles. The second-order valence-corrected chi connectivity index (χ2v) is 5.69. The molecule has 2 aliphatic rings. The Morgan fingerprint density at radius 2 is 1.95 bits per heavy atom. The molecule has 0 unspecified atom stereocenters. The van der Waals surface area contributed by atoms with Crippen LogP contribution < -0.4 is 5.32 Å². The maximum absolute atomic E-state index is 13.4. The Morgan fingerprint density at radius 3 is 2.71 bits per heavy atom. The summed E-state index contributed by atoms with van der Waals surface area (Å²) in [6.07, 6.45) is 3.16. The van der Waals surface area contributed by atoms with E-state index >= 15 is 0 Å². The van der Waals surface area contributed by atoms with Crippen molar-refractivity contribution in [1.82, 2.24) is 15.3 Å². The van der Waals surface area contributed by atoms with Crippen LogP contribution in [0.3, 0.4) is 0 Å². The number of nitrogens with zero attached hydrogens (tertiary/aromatic N) is 2. The first-order valence-corrected chi connectivity index (χ1v) is 7.28. The fourth-order valence-electron chi connectivity index (χ4n) is 2.83. The van der Waals surface area contributed by atoms with E-state index in [1.54, 1.807) is 0 Å². The van der Waals surface area contributed by atoms with Crippen molar-refractivity contribution in [3.8, 4) is 11.4 Å². The molecule has 1 saturated carbocycles. The lowest BCUT2D eigenvalue weighted by Crippen LogP contribution is -2.26. The van der Waals surface area contributed by atoms with Crippen LogP contribution >= 0.6 is 0 Å². The topological polar surface area (TPSA) is 37.8 Å². The number of aromatic nitrogens is 2. The minimum atomic E-state index is -0.858. The summed E-state index contributed by atoms with van der Waals surface area (Å²) in [4.78, 5) is 9.23. The van der Waals surface area contributed by atoms with Gasteiger partial charge < -0.3 is 5.32 Å². The van der Waals surface area contributed by atoms with E-state index in [1.807, 2.05) is 0 Å². The van der Waals surface area contributed by atoms with Crippen LogP contribution in [-0.2, 0) is 13.0 Å². The number of hydrogen-bond donors (Lipinski definition) is 1. The fourth-order valence-corrected chi connectivity index (χ4v) is 2.83. The Hall–Kier alpha value is -1.88. The molecule has 2 aromatic rings. The maximum Gasteiger partial charge on any atom is 0.159 e. The van der Waals surface area contributed by atoms with Crippen LogP contribution in [0.25, 0.3) is 11.4 Å². The zero-order valence-electron chi connectivity index (χ0n) is 11.5. The highest BCUT2D eigenvalue weighted by atomic mass is 19.2. The first-order chi connectivity index (χ1) is 10.2. The Kier molecular flexibility index (Phi) is 2.96. The third kappa shape index (κ3) is 2.31. The molecule has 1 N–H and O–H groups in total. The van der Waals surface area contributed by atoms with E-state index in [0.717, 1.165) is 49.8 Å². The highest BCUT2D eigenvalue weighted by molar-refractivity contribution is 5.56. The molecule has 0 amide bonds. The largest absolute Gasteiger partial charge is 0.312 e. The standard InChI is InChI=1S/C16H15F2N3/c17-12-4-3-10(7-13(12)18)16-20-14-5-6-19-8-11(14)15(21-16)9-1-2-9/h3-4,7,9,19H,1-2,5-6,8H2. The average molecular weight is 287 g/mol. The third-order valence-electron chi connectivity index (χ3n) is 4.11. The summed E-state index contributed by atoms with van der Waals surface area (Å²) in [6, 6.07) is 3.85. The first-order valence-electron chi connectivity index (χ1n) is 7.28. The van der Waals surface area contributed by atoms with E-state index in [-0.39, 0.29) is 0 Å². The van der Waals surface area contributed by atoms with Crippen molar-refractivity contribution < 1.29 is 8.78 Å². The predicted octanol–water partition coefficient (Wildman–Crippen LogP) is 2.94. The van der Waals surface area contributed by atoms with Gasteiger partial charge in [0.05, 0.1) is 11.4 Å². The van der Waals surface area contributed by atoms with Crippen LogP contribution in [0.2, 0.25) is 0 Å². The summed E-state index contributed by atoms with van der Waals surface area (Å²) in [5, 5.41) is 3.35. The lowest BCUT2D eigenvalue weighted by Gasteiger charge is -2.20. The van der Waals surface area contributed by atoms with Gasteiger partial charge in [-0.25, -0.2) is 18.7 Å². The number of benzene rings is 1. The second kappa shape index (κ2) is 4.84. The van der Waals surface area contributed by atoms with Crippen molar-refractivity contribution in [3.63, 3.8) is 0 Å². The predicted molar refractivity (Wildman–Crippen MR) is 74.8 cm³/mol. The molecule has 1 fully saturated rings. The number of nitrogens with one attached hydrogen (secondary N) is 1. The van der Waals surface area contributed by atoms with Gasteiger partial charge in [0.15, 0.2) is 17.5 Å². The summed E-state index contributed by atoms with van der Waals surface area (Å²) in [5.41, 5.74) is 3.88. The van der Waals surface area contributed by atoms with Gasteiger partial charge in [-0.2, -0.15) is 0 Å². The lowest BCUT2D eigenvalue weighted by molar-refractivity contribution is 0.509. The zero-order valence-corrected chi connectivity index (χ0v) is 11.5. The van der Waals surface area contributed by atoms with Crippen molar-refractivity contribution in [1.29, 1.82) is 0 Å². The van der Waals surface area contributed by atoms with Crippen molar-refractivity contribution >= 4 is 0 Å². The van der Waals surface area contributed by atoms with Gasteiger partial charge in [0.1, 0.15) is 0 Å². The minimum Gasteiger partial charge on any atom is -0.312 e. The normalized spacial score (nSPS) is 17.6. The van der Waals surface area contributed by atoms with E-state index in [0.29, 0.717) is 17.3 Å². The van der Waals surface area contributed by atoms with Crippen LogP contribution in [0.4, 0.5) is 8.78 Å². The van der Waals surface area contributed by atoms with Crippen molar-refractivity contribution in [3.05, 3.63) is 46.8 Å². The van der Waals surface area contributed by atoms with Crippen LogP contribution in [0.15, 0.2) is 18.2 Å². The summed E-state index contributed by atoms with van der Waals surface area (Å²) in [7, 11) is 0.